The van der Waals surface area contributed by atoms with E-state index in [0.717, 1.165) is 42.8 Å². The van der Waals surface area contributed by atoms with Gasteiger partial charge in [0.1, 0.15) is 29.2 Å². The maximum absolute atomic E-state index is 13.2. The maximum atomic E-state index is 13.2. The maximum Gasteiger partial charge on any atom is 0.264 e. The normalized spacial score (nSPS) is 15.7. The zero-order valence-electron chi connectivity index (χ0n) is 27.3. The van der Waals surface area contributed by atoms with Crippen molar-refractivity contribution < 1.29 is 28.7 Å². The van der Waals surface area contributed by atoms with Gasteiger partial charge in [0.2, 0.25) is 11.8 Å². The number of pyridine rings is 2. The zero-order chi connectivity index (χ0) is 34.8. The standard InChI is InChI=1S/C36H33N7O6S/c1-42(2)30-12-7-21(19-39-30)25-9-6-22(20-38-25)34-40-26-10-8-23(18-29(26)50-34)49-17-16-48-15-14-37-27-5-3-4-24-32(27)36(47)43(35(24)46)28-11-13-31(44)41-33(28)45/h3-10,12,18-20,28,37H,11,13-17H2,1-2H3,(H,41,44,45). The van der Waals surface area contributed by atoms with E-state index in [1.54, 1.807) is 29.5 Å². The van der Waals surface area contributed by atoms with Crippen LogP contribution in [-0.4, -0.2) is 90.0 Å². The molecule has 0 aliphatic carbocycles. The molecule has 2 N–H and O–H groups in total. The molecule has 50 heavy (non-hydrogen) atoms. The number of nitrogens with one attached hydrogen (secondary N) is 2. The molecule has 0 saturated carbocycles. The minimum absolute atomic E-state index is 0.0661. The fourth-order valence-electron chi connectivity index (χ4n) is 5.85. The number of hydrogen-bond donors (Lipinski definition) is 2. The van der Waals surface area contributed by atoms with Crippen LogP contribution >= 0.6 is 11.3 Å². The van der Waals surface area contributed by atoms with Gasteiger partial charge in [-0.25, -0.2) is 9.97 Å². The van der Waals surface area contributed by atoms with Crippen molar-refractivity contribution in [3.05, 3.63) is 84.2 Å². The van der Waals surface area contributed by atoms with Crippen molar-refractivity contribution in [1.82, 2.24) is 25.2 Å². The van der Waals surface area contributed by atoms with Crippen molar-refractivity contribution in [2.24, 2.45) is 0 Å². The minimum atomic E-state index is -1.01. The fraction of sp³-hybridized carbons (Fsp3) is 0.250. The number of amides is 4. The molecule has 2 aromatic carbocycles. The van der Waals surface area contributed by atoms with Gasteiger partial charge in [0.15, 0.2) is 0 Å². The number of anilines is 2. The van der Waals surface area contributed by atoms with Crippen LogP contribution in [0.5, 0.6) is 5.75 Å². The highest BCUT2D eigenvalue weighted by Crippen LogP contribution is 2.34. The highest BCUT2D eigenvalue weighted by atomic mass is 32.1. The van der Waals surface area contributed by atoms with Gasteiger partial charge in [0.05, 0.1) is 40.3 Å². The van der Waals surface area contributed by atoms with Crippen molar-refractivity contribution in [2.75, 3.05) is 50.7 Å². The van der Waals surface area contributed by atoms with Crippen LogP contribution < -0.4 is 20.3 Å². The fourth-order valence-corrected chi connectivity index (χ4v) is 6.84. The number of rotatable bonds is 12. The van der Waals surface area contributed by atoms with E-state index in [4.69, 9.17) is 14.5 Å². The van der Waals surface area contributed by atoms with Crippen LogP contribution in [0.4, 0.5) is 11.5 Å². The summed E-state index contributed by atoms with van der Waals surface area (Å²) in [6.45, 7) is 1.38. The topological polar surface area (TPSA) is 156 Å². The Morgan fingerprint density at radius 3 is 2.54 bits per heavy atom. The summed E-state index contributed by atoms with van der Waals surface area (Å²) in [6, 6.07) is 17.7. The van der Waals surface area contributed by atoms with Gasteiger partial charge in [-0.1, -0.05) is 6.07 Å². The number of piperidine rings is 1. The third-order valence-electron chi connectivity index (χ3n) is 8.40. The van der Waals surface area contributed by atoms with Gasteiger partial charge < -0.3 is 19.7 Å². The van der Waals surface area contributed by atoms with Crippen LogP contribution in [0.1, 0.15) is 33.6 Å². The van der Waals surface area contributed by atoms with Gasteiger partial charge in [0, 0.05) is 56.3 Å². The lowest BCUT2D eigenvalue weighted by Gasteiger charge is -2.27. The SMILES string of the molecule is CN(C)c1ccc(-c2ccc(-c3nc4ccc(OCCOCCNc5cccc6c5C(=O)N(C5CCC(=O)NC5=O)C6=O)cc4s3)cn2)cn1. The van der Waals surface area contributed by atoms with Crippen LogP contribution in [0.25, 0.3) is 32.0 Å². The lowest BCUT2D eigenvalue weighted by atomic mass is 10.0. The number of carbonyl (C=O) groups is 4. The van der Waals surface area contributed by atoms with Crippen molar-refractivity contribution >= 4 is 56.7 Å². The molecule has 0 spiro atoms. The Hall–Kier alpha value is -5.73. The Bertz CT molecular complexity index is 2100. The Kier molecular flexibility index (Phi) is 9.19. The Morgan fingerprint density at radius 1 is 0.940 bits per heavy atom. The van der Waals surface area contributed by atoms with E-state index in [9.17, 15) is 19.2 Å². The molecule has 5 heterocycles. The second-order valence-electron chi connectivity index (χ2n) is 11.9. The molecule has 2 aliphatic heterocycles. The molecule has 0 radical (unpaired) electrons. The highest BCUT2D eigenvalue weighted by Gasteiger charge is 2.45. The number of aromatic nitrogens is 3. The van der Waals surface area contributed by atoms with Gasteiger partial charge in [-0.3, -0.25) is 34.4 Å². The quantitative estimate of drug-likeness (QED) is 0.141. The molecular weight excluding hydrogens is 659 g/mol. The molecular formula is C36H33N7O6S. The number of nitrogens with zero attached hydrogens (tertiary/aromatic N) is 5. The molecule has 1 atom stereocenters. The predicted octanol–water partition coefficient (Wildman–Crippen LogP) is 4.40. The summed E-state index contributed by atoms with van der Waals surface area (Å²) in [5, 5.41) is 6.24. The van der Waals surface area contributed by atoms with Crippen LogP contribution in [0.2, 0.25) is 0 Å². The first-order valence-corrected chi connectivity index (χ1v) is 16.9. The molecule has 7 rings (SSSR count). The number of fused-ring (bicyclic) bond motifs is 2. The first-order valence-electron chi connectivity index (χ1n) is 16.1. The molecule has 1 saturated heterocycles. The van der Waals surface area contributed by atoms with E-state index in [1.165, 1.54) is 0 Å². The van der Waals surface area contributed by atoms with E-state index in [0.29, 0.717) is 37.8 Å². The third-order valence-corrected chi connectivity index (χ3v) is 9.47. The average Bonchev–Trinajstić information content (AvgIpc) is 3.66. The van der Waals surface area contributed by atoms with Crippen LogP contribution in [-0.2, 0) is 14.3 Å². The number of imide groups is 2. The molecule has 254 valence electrons. The molecule has 3 aromatic heterocycles. The lowest BCUT2D eigenvalue weighted by molar-refractivity contribution is -0.136. The predicted molar refractivity (Wildman–Crippen MR) is 188 cm³/mol. The van der Waals surface area contributed by atoms with Crippen molar-refractivity contribution in [3.8, 4) is 27.6 Å². The average molecular weight is 692 g/mol. The number of benzene rings is 2. The van der Waals surface area contributed by atoms with Gasteiger partial charge >= 0.3 is 0 Å². The Balaban J connectivity index is 0.884. The molecule has 4 amide bonds. The summed E-state index contributed by atoms with van der Waals surface area (Å²) < 4.78 is 12.7. The largest absolute Gasteiger partial charge is 0.491 e. The summed E-state index contributed by atoms with van der Waals surface area (Å²) >= 11 is 1.57. The summed E-state index contributed by atoms with van der Waals surface area (Å²) in [6.07, 6.45) is 3.82. The highest BCUT2D eigenvalue weighted by molar-refractivity contribution is 7.21. The first-order chi connectivity index (χ1) is 24.3. The molecule has 13 nitrogen and oxygen atoms in total. The Labute approximate surface area is 291 Å². The third kappa shape index (κ3) is 6.62. The van der Waals surface area contributed by atoms with Crippen molar-refractivity contribution in [2.45, 2.75) is 18.9 Å². The zero-order valence-corrected chi connectivity index (χ0v) is 28.2. The molecule has 2 aliphatic rings. The number of thiazole rings is 1. The second kappa shape index (κ2) is 14.0. The van der Waals surface area contributed by atoms with Gasteiger partial charge in [0.25, 0.3) is 11.8 Å². The van der Waals surface area contributed by atoms with Crippen molar-refractivity contribution in [3.63, 3.8) is 0 Å². The van der Waals surface area contributed by atoms with E-state index >= 15 is 0 Å². The Morgan fingerprint density at radius 2 is 1.78 bits per heavy atom. The van der Waals surface area contributed by atoms with E-state index in [1.807, 2.05) is 73.9 Å². The number of carbonyl (C=O) groups excluding carboxylic acids is 4. The molecule has 5 aromatic rings. The molecule has 1 fully saturated rings. The second-order valence-corrected chi connectivity index (χ2v) is 13.0. The minimum Gasteiger partial charge on any atom is -0.491 e. The summed E-state index contributed by atoms with van der Waals surface area (Å²) in [7, 11) is 3.91. The van der Waals surface area contributed by atoms with Gasteiger partial charge in [-0.05, 0) is 61.0 Å². The smallest absolute Gasteiger partial charge is 0.264 e. The van der Waals surface area contributed by atoms with E-state index < -0.39 is 29.7 Å². The number of hydrogen-bond acceptors (Lipinski definition) is 12. The van der Waals surface area contributed by atoms with E-state index in [-0.39, 0.29) is 24.0 Å². The molecule has 1 unspecified atom stereocenters. The first kappa shape index (κ1) is 32.8. The van der Waals surface area contributed by atoms with E-state index in [2.05, 4.69) is 20.6 Å². The molecule has 14 heteroatoms. The number of ether oxygens (including phenoxy) is 2. The summed E-state index contributed by atoms with van der Waals surface area (Å²) in [5.41, 5.74) is 4.51. The summed E-state index contributed by atoms with van der Waals surface area (Å²) in [5.74, 6) is -0.564. The van der Waals surface area contributed by atoms with Gasteiger partial charge in [-0.15, -0.1) is 11.3 Å². The van der Waals surface area contributed by atoms with Crippen LogP contribution in [0.3, 0.4) is 0 Å². The molecule has 0 bridgehead atoms. The monoisotopic (exact) mass is 691 g/mol. The summed E-state index contributed by atoms with van der Waals surface area (Å²) in [4.78, 5) is 67.0. The van der Waals surface area contributed by atoms with Crippen molar-refractivity contribution in [1.29, 1.82) is 0 Å². The van der Waals surface area contributed by atoms with Crippen LogP contribution in [0, 0.1) is 0 Å². The van der Waals surface area contributed by atoms with Crippen LogP contribution in [0.15, 0.2) is 73.1 Å². The lowest BCUT2D eigenvalue weighted by Crippen LogP contribution is -2.54. The van der Waals surface area contributed by atoms with Gasteiger partial charge in [-0.2, -0.15) is 0 Å².